The lowest BCUT2D eigenvalue weighted by Crippen LogP contribution is -2.05. The number of ether oxygens (including phenoxy) is 1. The van der Waals surface area contributed by atoms with Gasteiger partial charge in [-0.25, -0.2) is 0 Å². The molecule has 0 spiro atoms. The second-order valence-electron chi connectivity index (χ2n) is 5.52. The normalized spacial score (nSPS) is 10.2. The summed E-state index contributed by atoms with van der Waals surface area (Å²) in [5.41, 5.74) is 1.22. The molecule has 3 rings (SSSR count). The van der Waals surface area contributed by atoms with Crippen LogP contribution in [0.4, 0.5) is 0 Å². The summed E-state index contributed by atoms with van der Waals surface area (Å²) in [6.45, 7) is 0.776. The van der Waals surface area contributed by atoms with Gasteiger partial charge in [-0.2, -0.15) is 0 Å². The fraction of sp³-hybridized carbons (Fsp3) is 0.0909. The van der Waals surface area contributed by atoms with Crippen molar-refractivity contribution >= 4 is 23.5 Å². The topological polar surface area (TPSA) is 21.3 Å². The molecule has 0 atom stereocenters. The van der Waals surface area contributed by atoms with Gasteiger partial charge in [0.1, 0.15) is 5.75 Å². The van der Waals surface area contributed by atoms with Crippen molar-refractivity contribution in [2.45, 2.75) is 16.3 Å². The van der Waals surface area contributed by atoms with Crippen molar-refractivity contribution in [3.8, 4) is 5.75 Å². The van der Waals surface area contributed by atoms with E-state index in [4.69, 9.17) is 4.74 Å². The molecule has 3 aromatic rings. The Hall–Kier alpha value is -2.30. The lowest BCUT2D eigenvalue weighted by Gasteiger charge is -2.09. The third-order valence-electron chi connectivity index (χ3n) is 3.61. The second kappa shape index (κ2) is 10.00. The zero-order chi connectivity index (χ0) is 18.0. The van der Waals surface area contributed by atoms with Crippen molar-refractivity contribution in [3.05, 3.63) is 101 Å². The van der Waals surface area contributed by atoms with Gasteiger partial charge in [-0.1, -0.05) is 72.1 Å². The van der Waals surface area contributed by atoms with Crippen LogP contribution in [-0.4, -0.2) is 7.11 Å². The van der Waals surface area contributed by atoms with Crippen LogP contribution in [0, 0.1) is 0 Å². The smallest absolute Gasteiger partial charge is 0.118 e. The van der Waals surface area contributed by atoms with Crippen molar-refractivity contribution in [2.75, 3.05) is 7.11 Å². The molecule has 0 aromatic heterocycles. The first-order valence-electron chi connectivity index (χ1n) is 8.36. The summed E-state index contributed by atoms with van der Waals surface area (Å²) in [4.78, 5) is 2.46. The molecule has 0 saturated heterocycles. The van der Waals surface area contributed by atoms with Crippen LogP contribution in [0.15, 0.2) is 105 Å². The molecule has 0 fully saturated rings. The molecule has 0 heterocycles. The van der Waals surface area contributed by atoms with Gasteiger partial charge in [-0.3, -0.25) is 0 Å². The van der Waals surface area contributed by atoms with Gasteiger partial charge in [0.05, 0.1) is 11.3 Å². The minimum absolute atomic E-state index is 0.776. The largest absolute Gasteiger partial charge is 0.497 e. The van der Waals surface area contributed by atoms with Crippen LogP contribution < -0.4 is 10.1 Å². The summed E-state index contributed by atoms with van der Waals surface area (Å²) in [5, 5.41) is 3.44. The molecule has 3 aromatic carbocycles. The van der Waals surface area contributed by atoms with Crippen LogP contribution in [0.25, 0.3) is 0 Å². The van der Waals surface area contributed by atoms with Crippen LogP contribution in [0.2, 0.25) is 0 Å². The molecule has 4 heteroatoms. The van der Waals surface area contributed by atoms with Crippen LogP contribution in [0.1, 0.15) is 5.56 Å². The maximum Gasteiger partial charge on any atom is 0.118 e. The van der Waals surface area contributed by atoms with E-state index in [0.29, 0.717) is 0 Å². The lowest BCUT2D eigenvalue weighted by atomic mass is 10.2. The van der Waals surface area contributed by atoms with E-state index < -0.39 is 0 Å². The number of hydrogen-bond donors (Lipinski definition) is 1. The molecular formula is C22H21NOS2. The summed E-state index contributed by atoms with van der Waals surface area (Å²) in [6, 6.07) is 29.0. The first-order chi connectivity index (χ1) is 12.8. The van der Waals surface area contributed by atoms with Gasteiger partial charge >= 0.3 is 0 Å². The molecule has 0 saturated carbocycles. The number of rotatable bonds is 8. The molecule has 0 aliphatic rings. The van der Waals surface area contributed by atoms with Gasteiger partial charge in [0, 0.05) is 22.5 Å². The molecular weight excluding hydrogens is 358 g/mol. The van der Waals surface area contributed by atoms with E-state index in [1.165, 1.54) is 19.6 Å². The Morgan fingerprint density at radius 1 is 0.808 bits per heavy atom. The quantitative estimate of drug-likeness (QED) is 0.472. The zero-order valence-electron chi connectivity index (χ0n) is 14.6. The zero-order valence-corrected chi connectivity index (χ0v) is 16.2. The molecule has 0 aliphatic carbocycles. The van der Waals surface area contributed by atoms with Crippen molar-refractivity contribution in [1.82, 2.24) is 5.32 Å². The Morgan fingerprint density at radius 3 is 1.85 bits per heavy atom. The van der Waals surface area contributed by atoms with Gasteiger partial charge in [0.25, 0.3) is 0 Å². The fourth-order valence-electron chi connectivity index (χ4n) is 2.28. The summed E-state index contributed by atoms with van der Waals surface area (Å²) < 4.78 is 6.41. The Kier molecular flexibility index (Phi) is 7.11. The Labute approximate surface area is 163 Å². The number of thioether (sulfide) groups is 2. The molecule has 2 nitrogen and oxygen atoms in total. The van der Waals surface area contributed by atoms with Crippen LogP contribution in [0.5, 0.6) is 5.75 Å². The van der Waals surface area contributed by atoms with E-state index in [9.17, 15) is 0 Å². The second-order valence-corrected chi connectivity index (χ2v) is 8.01. The standard InChI is InChI=1S/C22H21NOS2/c1-24-19-14-12-18(13-15-19)16-23-17-22(25-20-8-4-2-5-9-20)26-21-10-6-3-7-11-21/h2-15,17,23H,16H2,1H3. The molecule has 26 heavy (non-hydrogen) atoms. The minimum atomic E-state index is 0.776. The number of benzene rings is 3. The monoisotopic (exact) mass is 379 g/mol. The maximum atomic E-state index is 5.21. The molecule has 132 valence electrons. The average molecular weight is 380 g/mol. The average Bonchev–Trinajstić information content (AvgIpc) is 2.70. The van der Waals surface area contributed by atoms with E-state index in [-0.39, 0.29) is 0 Å². The van der Waals surface area contributed by atoms with Gasteiger partial charge in [-0.05, 0) is 42.0 Å². The number of hydrogen-bond acceptors (Lipinski definition) is 4. The Morgan fingerprint density at radius 2 is 1.35 bits per heavy atom. The predicted octanol–water partition coefficient (Wildman–Crippen LogP) is 6.17. The van der Waals surface area contributed by atoms with Crippen molar-refractivity contribution in [2.24, 2.45) is 0 Å². The Balaban J connectivity index is 1.67. The summed E-state index contributed by atoms with van der Waals surface area (Å²) in [7, 11) is 1.68. The Bertz CT molecular complexity index is 774. The lowest BCUT2D eigenvalue weighted by molar-refractivity contribution is 0.414. The summed E-state index contributed by atoms with van der Waals surface area (Å²) in [5.74, 6) is 0.879. The summed E-state index contributed by atoms with van der Waals surface area (Å²) >= 11 is 3.53. The van der Waals surface area contributed by atoms with Gasteiger partial charge in [-0.15, -0.1) is 0 Å². The number of methoxy groups -OCH3 is 1. The third kappa shape index (κ3) is 5.90. The highest BCUT2D eigenvalue weighted by atomic mass is 32.2. The molecule has 0 unspecified atom stereocenters. The molecule has 0 amide bonds. The van der Waals surface area contributed by atoms with Crippen LogP contribution in [-0.2, 0) is 6.54 Å². The van der Waals surface area contributed by atoms with Gasteiger partial charge in [0.2, 0.25) is 0 Å². The van der Waals surface area contributed by atoms with E-state index in [1.807, 2.05) is 24.3 Å². The highest BCUT2D eigenvalue weighted by Crippen LogP contribution is 2.38. The van der Waals surface area contributed by atoms with E-state index >= 15 is 0 Å². The van der Waals surface area contributed by atoms with Crippen molar-refractivity contribution < 1.29 is 4.74 Å². The predicted molar refractivity (Wildman–Crippen MR) is 113 cm³/mol. The first kappa shape index (κ1) is 18.5. The van der Waals surface area contributed by atoms with E-state index in [2.05, 4.69) is 72.2 Å². The fourth-order valence-corrected chi connectivity index (χ4v) is 4.36. The molecule has 0 radical (unpaired) electrons. The minimum Gasteiger partial charge on any atom is -0.497 e. The highest BCUT2D eigenvalue weighted by Gasteiger charge is 2.04. The molecule has 0 aliphatic heterocycles. The third-order valence-corrected chi connectivity index (χ3v) is 5.76. The highest BCUT2D eigenvalue weighted by molar-refractivity contribution is 8.22. The van der Waals surface area contributed by atoms with Crippen LogP contribution >= 0.6 is 23.5 Å². The van der Waals surface area contributed by atoms with Crippen molar-refractivity contribution in [1.29, 1.82) is 0 Å². The molecule has 0 bridgehead atoms. The first-order valence-corrected chi connectivity index (χ1v) is 9.99. The van der Waals surface area contributed by atoms with Crippen molar-refractivity contribution in [3.63, 3.8) is 0 Å². The maximum absolute atomic E-state index is 5.21. The van der Waals surface area contributed by atoms with Gasteiger partial charge < -0.3 is 10.1 Å². The van der Waals surface area contributed by atoms with E-state index in [1.54, 1.807) is 30.6 Å². The summed E-state index contributed by atoms with van der Waals surface area (Å²) in [6.07, 6.45) is 2.10. The van der Waals surface area contributed by atoms with Crippen LogP contribution in [0.3, 0.4) is 0 Å². The molecule has 1 N–H and O–H groups in total. The van der Waals surface area contributed by atoms with E-state index in [0.717, 1.165) is 12.3 Å². The number of nitrogens with one attached hydrogen (secondary N) is 1. The SMILES string of the molecule is COc1ccc(CNC=C(Sc2ccccc2)Sc2ccccc2)cc1. The van der Waals surface area contributed by atoms with Gasteiger partial charge in [0.15, 0.2) is 0 Å².